The molecule has 2 atom stereocenters. The predicted octanol–water partition coefficient (Wildman–Crippen LogP) is 3.25. The number of carboxylic acids is 1. The largest absolute Gasteiger partial charge is 0.481 e. The molecule has 1 aromatic rings. The standard InChI is InChI=1S/C15H20N2O2/c1-11(15(18)19)6-5-7-12(2)17-14-9-4-3-8-13(14)10-16/h3-4,8-9,11-12,17H,5-7H2,1-2H3,(H,18,19). The van der Waals surface area contributed by atoms with E-state index in [1.807, 2.05) is 25.1 Å². The van der Waals surface area contributed by atoms with Gasteiger partial charge in [0.25, 0.3) is 0 Å². The van der Waals surface area contributed by atoms with E-state index in [1.54, 1.807) is 13.0 Å². The Morgan fingerprint density at radius 1 is 1.37 bits per heavy atom. The minimum Gasteiger partial charge on any atom is -0.481 e. The van der Waals surface area contributed by atoms with Crippen LogP contribution < -0.4 is 5.32 Å². The van der Waals surface area contributed by atoms with Gasteiger partial charge in [0.2, 0.25) is 0 Å². The van der Waals surface area contributed by atoms with Gasteiger partial charge in [0.1, 0.15) is 6.07 Å². The van der Waals surface area contributed by atoms with E-state index < -0.39 is 5.97 Å². The maximum Gasteiger partial charge on any atom is 0.306 e. The third kappa shape index (κ3) is 5.01. The monoisotopic (exact) mass is 260 g/mol. The number of rotatable bonds is 7. The third-order valence-electron chi connectivity index (χ3n) is 3.15. The molecule has 0 heterocycles. The highest BCUT2D eigenvalue weighted by Crippen LogP contribution is 2.17. The highest BCUT2D eigenvalue weighted by Gasteiger charge is 2.11. The Labute approximate surface area is 114 Å². The molecule has 19 heavy (non-hydrogen) atoms. The van der Waals surface area contributed by atoms with Gasteiger partial charge in [-0.1, -0.05) is 25.5 Å². The zero-order valence-corrected chi connectivity index (χ0v) is 11.4. The molecule has 0 bridgehead atoms. The van der Waals surface area contributed by atoms with Gasteiger partial charge in [-0.05, 0) is 31.9 Å². The number of nitriles is 1. The van der Waals surface area contributed by atoms with Crippen molar-refractivity contribution in [2.45, 2.75) is 39.2 Å². The van der Waals surface area contributed by atoms with Crippen LogP contribution >= 0.6 is 0 Å². The second-order valence-corrected chi connectivity index (χ2v) is 4.87. The van der Waals surface area contributed by atoms with Gasteiger partial charge in [-0.15, -0.1) is 0 Å². The van der Waals surface area contributed by atoms with Crippen molar-refractivity contribution in [3.63, 3.8) is 0 Å². The summed E-state index contributed by atoms with van der Waals surface area (Å²) in [7, 11) is 0. The summed E-state index contributed by atoms with van der Waals surface area (Å²) in [6.45, 7) is 3.77. The Kier molecular flexibility index (Phi) is 5.87. The van der Waals surface area contributed by atoms with E-state index >= 15 is 0 Å². The highest BCUT2D eigenvalue weighted by molar-refractivity contribution is 5.69. The zero-order chi connectivity index (χ0) is 14.3. The molecule has 0 aliphatic rings. The van der Waals surface area contributed by atoms with Gasteiger partial charge in [-0.25, -0.2) is 0 Å². The maximum absolute atomic E-state index is 10.7. The third-order valence-corrected chi connectivity index (χ3v) is 3.15. The second kappa shape index (κ2) is 7.42. The topological polar surface area (TPSA) is 73.1 Å². The number of benzene rings is 1. The molecule has 2 unspecified atom stereocenters. The first-order valence-electron chi connectivity index (χ1n) is 6.53. The number of nitrogens with one attached hydrogen (secondary N) is 1. The average molecular weight is 260 g/mol. The Morgan fingerprint density at radius 2 is 2.05 bits per heavy atom. The maximum atomic E-state index is 10.7. The molecule has 0 aliphatic carbocycles. The number of hydrogen-bond acceptors (Lipinski definition) is 3. The van der Waals surface area contributed by atoms with Crippen molar-refractivity contribution in [3.8, 4) is 6.07 Å². The van der Waals surface area contributed by atoms with Crippen LogP contribution in [0.4, 0.5) is 5.69 Å². The zero-order valence-electron chi connectivity index (χ0n) is 11.4. The summed E-state index contributed by atoms with van der Waals surface area (Å²) < 4.78 is 0. The molecular weight excluding hydrogens is 240 g/mol. The molecule has 2 N–H and O–H groups in total. The molecule has 0 aromatic heterocycles. The first kappa shape index (κ1) is 15.0. The lowest BCUT2D eigenvalue weighted by Gasteiger charge is -2.16. The Morgan fingerprint density at radius 3 is 2.68 bits per heavy atom. The molecule has 4 nitrogen and oxygen atoms in total. The normalized spacial score (nSPS) is 13.3. The van der Waals surface area contributed by atoms with Gasteiger partial charge in [-0.3, -0.25) is 4.79 Å². The smallest absolute Gasteiger partial charge is 0.306 e. The predicted molar refractivity (Wildman–Crippen MR) is 74.9 cm³/mol. The Hall–Kier alpha value is -2.02. The van der Waals surface area contributed by atoms with Crippen molar-refractivity contribution in [1.29, 1.82) is 5.26 Å². The molecule has 102 valence electrons. The van der Waals surface area contributed by atoms with Crippen molar-refractivity contribution in [1.82, 2.24) is 0 Å². The van der Waals surface area contributed by atoms with Crippen molar-refractivity contribution in [2.75, 3.05) is 5.32 Å². The van der Waals surface area contributed by atoms with E-state index in [-0.39, 0.29) is 12.0 Å². The van der Waals surface area contributed by atoms with Crippen LogP contribution in [0.3, 0.4) is 0 Å². The Bertz CT molecular complexity index is 465. The van der Waals surface area contributed by atoms with Crippen molar-refractivity contribution >= 4 is 11.7 Å². The van der Waals surface area contributed by atoms with Crippen LogP contribution in [0.25, 0.3) is 0 Å². The number of carboxylic acid groups (broad SMARTS) is 1. The fraction of sp³-hybridized carbons (Fsp3) is 0.467. The van der Waals surface area contributed by atoms with Crippen molar-refractivity contribution < 1.29 is 9.90 Å². The SMILES string of the molecule is CC(CCCC(C)C(=O)O)Nc1ccccc1C#N. The van der Waals surface area contributed by atoms with Crippen LogP contribution in [-0.2, 0) is 4.79 Å². The van der Waals surface area contributed by atoms with Crippen LogP contribution in [-0.4, -0.2) is 17.1 Å². The lowest BCUT2D eigenvalue weighted by atomic mass is 10.0. The van der Waals surface area contributed by atoms with Gasteiger partial charge < -0.3 is 10.4 Å². The van der Waals surface area contributed by atoms with Crippen LogP contribution in [0.2, 0.25) is 0 Å². The molecule has 0 fully saturated rings. The van der Waals surface area contributed by atoms with Crippen LogP contribution in [0.15, 0.2) is 24.3 Å². The van der Waals surface area contributed by atoms with Crippen LogP contribution in [0, 0.1) is 17.2 Å². The molecule has 0 spiro atoms. The lowest BCUT2D eigenvalue weighted by molar-refractivity contribution is -0.141. The average Bonchev–Trinajstić information content (AvgIpc) is 2.39. The van der Waals surface area contributed by atoms with E-state index in [2.05, 4.69) is 11.4 Å². The fourth-order valence-corrected chi connectivity index (χ4v) is 1.90. The first-order valence-corrected chi connectivity index (χ1v) is 6.53. The van der Waals surface area contributed by atoms with Crippen molar-refractivity contribution in [2.24, 2.45) is 5.92 Å². The number of nitrogens with zero attached hydrogens (tertiary/aromatic N) is 1. The van der Waals surface area contributed by atoms with Crippen LogP contribution in [0.1, 0.15) is 38.7 Å². The summed E-state index contributed by atoms with van der Waals surface area (Å²) in [6.07, 6.45) is 2.43. The molecule has 0 saturated carbocycles. The molecule has 0 radical (unpaired) electrons. The Balaban J connectivity index is 2.41. The molecule has 0 saturated heterocycles. The van der Waals surface area contributed by atoms with Gasteiger partial charge in [0.05, 0.1) is 17.2 Å². The van der Waals surface area contributed by atoms with E-state index in [1.165, 1.54) is 0 Å². The number of carbonyl (C=O) groups is 1. The molecule has 4 heteroatoms. The van der Waals surface area contributed by atoms with Crippen molar-refractivity contribution in [3.05, 3.63) is 29.8 Å². The summed E-state index contributed by atoms with van der Waals surface area (Å²) in [4.78, 5) is 10.7. The van der Waals surface area contributed by atoms with E-state index in [9.17, 15) is 4.79 Å². The molecule has 0 amide bonds. The van der Waals surface area contributed by atoms with E-state index in [4.69, 9.17) is 10.4 Å². The molecule has 0 aliphatic heterocycles. The first-order chi connectivity index (χ1) is 9.04. The minimum absolute atomic E-state index is 0.218. The number of aliphatic carboxylic acids is 1. The van der Waals surface area contributed by atoms with Gasteiger partial charge >= 0.3 is 5.97 Å². The minimum atomic E-state index is -0.740. The fourth-order valence-electron chi connectivity index (χ4n) is 1.90. The van der Waals surface area contributed by atoms with Crippen LogP contribution in [0.5, 0.6) is 0 Å². The summed E-state index contributed by atoms with van der Waals surface area (Å²) >= 11 is 0. The highest BCUT2D eigenvalue weighted by atomic mass is 16.4. The van der Waals surface area contributed by atoms with E-state index in [0.717, 1.165) is 18.5 Å². The molecule has 1 rings (SSSR count). The van der Waals surface area contributed by atoms with Gasteiger partial charge in [0.15, 0.2) is 0 Å². The summed E-state index contributed by atoms with van der Waals surface area (Å²) in [5, 5.41) is 21.1. The van der Waals surface area contributed by atoms with E-state index in [0.29, 0.717) is 12.0 Å². The summed E-state index contributed by atoms with van der Waals surface area (Å²) in [5.41, 5.74) is 1.47. The van der Waals surface area contributed by atoms with Gasteiger partial charge in [0, 0.05) is 6.04 Å². The number of hydrogen-bond donors (Lipinski definition) is 2. The second-order valence-electron chi connectivity index (χ2n) is 4.87. The lowest BCUT2D eigenvalue weighted by Crippen LogP contribution is -2.17. The number of para-hydroxylation sites is 1. The quantitative estimate of drug-likeness (QED) is 0.789. The summed E-state index contributed by atoms with van der Waals surface area (Å²) in [6, 6.07) is 9.76. The molecule has 1 aromatic carbocycles. The summed E-state index contributed by atoms with van der Waals surface area (Å²) in [5.74, 6) is -1.03. The van der Waals surface area contributed by atoms with Gasteiger partial charge in [-0.2, -0.15) is 5.26 Å². The number of anilines is 1. The molecular formula is C15H20N2O2.